The largest absolute Gasteiger partial charge is 0.508 e. The molecule has 0 amide bonds. The first-order chi connectivity index (χ1) is 8.86. The molecule has 0 atom stereocenters. The third-order valence-electron chi connectivity index (χ3n) is 3.09. The van der Waals surface area contributed by atoms with Crippen LogP contribution >= 0.6 is 0 Å². The van der Waals surface area contributed by atoms with Crippen molar-refractivity contribution < 1.29 is 9.50 Å². The molecule has 0 aromatic heterocycles. The number of hydrogen-bond donors (Lipinski definition) is 2. The van der Waals surface area contributed by atoms with Gasteiger partial charge in [-0.3, -0.25) is 4.90 Å². The lowest BCUT2D eigenvalue weighted by molar-refractivity contribution is 0.175. The molecular weight excluding hydrogens is 243 g/mol. The van der Waals surface area contributed by atoms with Crippen molar-refractivity contribution in [2.75, 3.05) is 19.6 Å². The second-order valence-corrected chi connectivity index (χ2v) is 5.90. The monoisotopic (exact) mass is 268 g/mol. The molecule has 0 radical (unpaired) electrons. The van der Waals surface area contributed by atoms with Crippen LogP contribution in [-0.4, -0.2) is 29.6 Å². The van der Waals surface area contributed by atoms with Crippen LogP contribution in [0.4, 0.5) is 4.39 Å². The van der Waals surface area contributed by atoms with Crippen LogP contribution in [0.2, 0.25) is 0 Å². The molecule has 0 heterocycles. The molecule has 0 saturated heterocycles. The van der Waals surface area contributed by atoms with E-state index in [0.29, 0.717) is 13.1 Å². The fourth-order valence-electron chi connectivity index (χ4n) is 2.18. The van der Waals surface area contributed by atoms with Crippen molar-refractivity contribution in [1.29, 1.82) is 0 Å². The standard InChI is InChI=1S/C15H25FN2O/c1-4-5-18(11-15(2,3)10-17)9-12-6-13(16)8-14(19)7-12/h6-8,19H,4-5,9-11,17H2,1-3H3. The quantitative estimate of drug-likeness (QED) is 0.799. The van der Waals surface area contributed by atoms with E-state index in [1.54, 1.807) is 6.07 Å². The Morgan fingerprint density at radius 1 is 1.32 bits per heavy atom. The summed E-state index contributed by atoms with van der Waals surface area (Å²) in [4.78, 5) is 2.25. The Balaban J connectivity index is 2.77. The summed E-state index contributed by atoms with van der Waals surface area (Å²) in [6.07, 6.45) is 1.03. The molecule has 1 aromatic rings. The van der Waals surface area contributed by atoms with E-state index < -0.39 is 5.82 Å². The van der Waals surface area contributed by atoms with Crippen LogP contribution in [0.3, 0.4) is 0 Å². The number of nitrogens with two attached hydrogens (primary N) is 1. The summed E-state index contributed by atoms with van der Waals surface area (Å²) in [5.74, 6) is -0.422. The molecule has 4 heteroatoms. The van der Waals surface area contributed by atoms with E-state index in [2.05, 4.69) is 25.7 Å². The molecule has 0 aliphatic heterocycles. The van der Waals surface area contributed by atoms with Crippen LogP contribution in [0.5, 0.6) is 5.75 Å². The van der Waals surface area contributed by atoms with E-state index in [1.165, 1.54) is 6.07 Å². The molecule has 0 unspecified atom stereocenters. The van der Waals surface area contributed by atoms with E-state index in [4.69, 9.17) is 5.73 Å². The van der Waals surface area contributed by atoms with E-state index in [1.807, 2.05) is 0 Å². The summed E-state index contributed by atoms with van der Waals surface area (Å²) in [7, 11) is 0. The highest BCUT2D eigenvalue weighted by molar-refractivity contribution is 5.28. The summed E-state index contributed by atoms with van der Waals surface area (Å²) in [6.45, 7) is 9.39. The summed E-state index contributed by atoms with van der Waals surface area (Å²) < 4.78 is 13.3. The Kier molecular flexibility index (Phi) is 5.76. The second kappa shape index (κ2) is 6.87. The predicted octanol–water partition coefficient (Wildman–Crippen LogP) is 2.73. The number of phenols is 1. The van der Waals surface area contributed by atoms with Gasteiger partial charge in [-0.05, 0) is 42.6 Å². The van der Waals surface area contributed by atoms with E-state index in [0.717, 1.165) is 31.1 Å². The number of nitrogens with zero attached hydrogens (tertiary/aromatic N) is 1. The van der Waals surface area contributed by atoms with Crippen molar-refractivity contribution in [3.63, 3.8) is 0 Å². The molecule has 0 aliphatic carbocycles. The molecule has 0 bridgehead atoms. The normalized spacial score (nSPS) is 12.1. The van der Waals surface area contributed by atoms with Gasteiger partial charge in [0, 0.05) is 19.2 Å². The van der Waals surface area contributed by atoms with Crippen LogP contribution < -0.4 is 5.73 Å². The maximum atomic E-state index is 13.3. The highest BCUT2D eigenvalue weighted by Crippen LogP contribution is 2.20. The zero-order chi connectivity index (χ0) is 14.5. The smallest absolute Gasteiger partial charge is 0.127 e. The average Bonchev–Trinajstić information content (AvgIpc) is 2.27. The van der Waals surface area contributed by atoms with Gasteiger partial charge in [-0.2, -0.15) is 0 Å². The van der Waals surface area contributed by atoms with Crippen molar-refractivity contribution in [2.45, 2.75) is 33.7 Å². The molecule has 108 valence electrons. The molecule has 19 heavy (non-hydrogen) atoms. The zero-order valence-corrected chi connectivity index (χ0v) is 12.1. The van der Waals surface area contributed by atoms with Crippen molar-refractivity contribution >= 4 is 0 Å². The minimum absolute atomic E-state index is 0.0236. The number of aromatic hydroxyl groups is 1. The Hall–Kier alpha value is -1.13. The second-order valence-electron chi connectivity index (χ2n) is 5.90. The Morgan fingerprint density at radius 2 is 2.00 bits per heavy atom. The lowest BCUT2D eigenvalue weighted by Crippen LogP contribution is -2.38. The number of phenolic OH excluding ortho intramolecular Hbond substituents is 1. The predicted molar refractivity (Wildman–Crippen MR) is 76.5 cm³/mol. The van der Waals surface area contributed by atoms with Gasteiger partial charge in [0.1, 0.15) is 11.6 Å². The minimum atomic E-state index is -0.399. The molecule has 0 spiro atoms. The van der Waals surface area contributed by atoms with E-state index in [9.17, 15) is 9.50 Å². The first kappa shape index (κ1) is 15.9. The molecular formula is C15H25FN2O. The third kappa shape index (κ3) is 5.57. The van der Waals surface area contributed by atoms with Gasteiger partial charge in [0.25, 0.3) is 0 Å². The van der Waals surface area contributed by atoms with Crippen LogP contribution in [0.25, 0.3) is 0 Å². The molecule has 3 N–H and O–H groups in total. The van der Waals surface area contributed by atoms with Gasteiger partial charge in [0.05, 0.1) is 0 Å². The number of benzene rings is 1. The maximum absolute atomic E-state index is 13.3. The fourth-order valence-corrected chi connectivity index (χ4v) is 2.18. The number of rotatable bonds is 7. The van der Waals surface area contributed by atoms with Gasteiger partial charge in [-0.1, -0.05) is 20.8 Å². The van der Waals surface area contributed by atoms with Crippen LogP contribution in [-0.2, 0) is 6.54 Å². The van der Waals surface area contributed by atoms with Crippen LogP contribution in [0.1, 0.15) is 32.8 Å². The van der Waals surface area contributed by atoms with E-state index in [-0.39, 0.29) is 11.2 Å². The van der Waals surface area contributed by atoms with Crippen LogP contribution in [0, 0.1) is 11.2 Å². The number of hydrogen-bond acceptors (Lipinski definition) is 3. The summed E-state index contributed by atoms with van der Waals surface area (Å²) in [6, 6.07) is 4.20. The molecule has 0 fully saturated rings. The highest BCUT2D eigenvalue weighted by Gasteiger charge is 2.20. The van der Waals surface area contributed by atoms with Crippen molar-refractivity contribution in [2.24, 2.45) is 11.1 Å². The summed E-state index contributed by atoms with van der Waals surface area (Å²) in [5.41, 5.74) is 6.59. The fraction of sp³-hybridized carbons (Fsp3) is 0.600. The topological polar surface area (TPSA) is 49.5 Å². The van der Waals surface area contributed by atoms with Gasteiger partial charge < -0.3 is 10.8 Å². The Bertz CT molecular complexity index is 387. The molecule has 1 rings (SSSR count). The van der Waals surface area contributed by atoms with Crippen molar-refractivity contribution in [3.8, 4) is 5.75 Å². The van der Waals surface area contributed by atoms with Gasteiger partial charge in [0.2, 0.25) is 0 Å². The summed E-state index contributed by atoms with van der Waals surface area (Å²) >= 11 is 0. The lowest BCUT2D eigenvalue weighted by atomic mass is 9.93. The SMILES string of the molecule is CCCN(Cc1cc(O)cc(F)c1)CC(C)(C)CN. The molecule has 3 nitrogen and oxygen atoms in total. The zero-order valence-electron chi connectivity index (χ0n) is 12.1. The molecule has 0 saturated carbocycles. The van der Waals surface area contributed by atoms with Crippen LogP contribution in [0.15, 0.2) is 18.2 Å². The van der Waals surface area contributed by atoms with Crippen molar-refractivity contribution in [3.05, 3.63) is 29.6 Å². The minimum Gasteiger partial charge on any atom is -0.508 e. The average molecular weight is 268 g/mol. The van der Waals surface area contributed by atoms with E-state index >= 15 is 0 Å². The van der Waals surface area contributed by atoms with Gasteiger partial charge in [-0.25, -0.2) is 4.39 Å². The first-order valence-electron chi connectivity index (χ1n) is 6.77. The maximum Gasteiger partial charge on any atom is 0.127 e. The third-order valence-corrected chi connectivity index (χ3v) is 3.09. The van der Waals surface area contributed by atoms with Gasteiger partial charge in [-0.15, -0.1) is 0 Å². The van der Waals surface area contributed by atoms with Gasteiger partial charge in [0.15, 0.2) is 0 Å². The summed E-state index contributed by atoms with van der Waals surface area (Å²) in [5, 5.41) is 9.44. The highest BCUT2D eigenvalue weighted by atomic mass is 19.1. The van der Waals surface area contributed by atoms with Crippen molar-refractivity contribution in [1.82, 2.24) is 4.90 Å². The lowest BCUT2D eigenvalue weighted by Gasteiger charge is -2.31. The Morgan fingerprint density at radius 3 is 2.53 bits per heavy atom. The molecule has 1 aromatic carbocycles. The van der Waals surface area contributed by atoms with Gasteiger partial charge >= 0.3 is 0 Å². The molecule has 0 aliphatic rings. The number of halogens is 1. The first-order valence-corrected chi connectivity index (χ1v) is 6.77. The Labute approximate surface area is 115 Å².